The normalized spacial score (nSPS) is 39.3. The highest BCUT2D eigenvalue weighted by molar-refractivity contribution is 8.14. The van der Waals surface area contributed by atoms with Crippen LogP contribution in [0, 0.1) is 5.92 Å². The summed E-state index contributed by atoms with van der Waals surface area (Å²) in [4.78, 5) is 4.67. The van der Waals surface area contributed by atoms with Gasteiger partial charge in [0, 0.05) is 23.3 Å². The summed E-state index contributed by atoms with van der Waals surface area (Å²) in [5, 5.41) is 15.3. The molecule has 6 atom stereocenters. The van der Waals surface area contributed by atoms with Gasteiger partial charge in [0.1, 0.15) is 6.10 Å². The number of thioether (sulfide) groups is 1. The first kappa shape index (κ1) is 15.4. The Morgan fingerprint density at radius 2 is 2.17 bits per heavy atom. The van der Waals surface area contributed by atoms with Crippen LogP contribution in [0.15, 0.2) is 35.3 Å². The Hall–Kier alpha value is -1.08. The molecule has 23 heavy (non-hydrogen) atoms. The molecule has 1 aliphatic carbocycles. The summed E-state index contributed by atoms with van der Waals surface area (Å²) < 4.78 is 12.0. The number of nitrogens with zero attached hydrogens (tertiary/aromatic N) is 1. The van der Waals surface area contributed by atoms with Crippen molar-refractivity contribution in [2.75, 3.05) is 13.2 Å². The van der Waals surface area contributed by atoms with Gasteiger partial charge in [-0.05, 0) is 13.3 Å². The first-order chi connectivity index (χ1) is 11.3. The van der Waals surface area contributed by atoms with Gasteiger partial charge in [-0.15, -0.1) is 0 Å². The van der Waals surface area contributed by atoms with E-state index in [1.54, 1.807) is 11.8 Å². The van der Waals surface area contributed by atoms with Crippen molar-refractivity contribution in [2.45, 2.75) is 43.1 Å². The van der Waals surface area contributed by atoms with Crippen LogP contribution in [0.3, 0.4) is 0 Å². The molecule has 2 N–H and O–H groups in total. The van der Waals surface area contributed by atoms with E-state index in [-0.39, 0.29) is 18.1 Å². The molecule has 0 unspecified atom stereocenters. The number of fused-ring (bicyclic) bond motifs is 2. The van der Waals surface area contributed by atoms with Gasteiger partial charge in [-0.1, -0.05) is 42.1 Å². The maximum absolute atomic E-state index is 10.8. The zero-order valence-electron chi connectivity index (χ0n) is 13.1. The van der Waals surface area contributed by atoms with Gasteiger partial charge in [0.25, 0.3) is 0 Å². The number of aliphatic imine (C=N–C) groups is 1. The summed E-state index contributed by atoms with van der Waals surface area (Å²) in [6.07, 6.45) is -0.204. The molecule has 0 bridgehead atoms. The Balaban J connectivity index is 1.50. The third kappa shape index (κ3) is 2.89. The fourth-order valence-electron chi connectivity index (χ4n) is 3.62. The lowest BCUT2D eigenvalue weighted by atomic mass is 9.81. The van der Waals surface area contributed by atoms with Crippen LogP contribution in [0.25, 0.3) is 0 Å². The highest BCUT2D eigenvalue weighted by Crippen LogP contribution is 2.44. The molecule has 1 saturated carbocycles. The van der Waals surface area contributed by atoms with E-state index in [1.165, 1.54) is 0 Å². The maximum Gasteiger partial charge on any atom is 0.184 e. The van der Waals surface area contributed by atoms with E-state index < -0.39 is 12.4 Å². The molecular formula is C17H22N2O3S. The number of benzene rings is 1. The van der Waals surface area contributed by atoms with Crippen molar-refractivity contribution < 1.29 is 14.6 Å². The number of rotatable bonds is 2. The minimum absolute atomic E-state index is 0.0789. The van der Waals surface area contributed by atoms with Crippen molar-refractivity contribution >= 4 is 16.9 Å². The smallest absolute Gasteiger partial charge is 0.184 e. The van der Waals surface area contributed by atoms with E-state index in [1.807, 2.05) is 30.3 Å². The van der Waals surface area contributed by atoms with E-state index >= 15 is 0 Å². The fraction of sp³-hybridized carbons (Fsp3) is 0.588. The molecule has 6 heteroatoms. The monoisotopic (exact) mass is 334 g/mol. The minimum Gasteiger partial charge on any atom is -0.388 e. The van der Waals surface area contributed by atoms with Crippen LogP contribution in [0.4, 0.5) is 0 Å². The van der Waals surface area contributed by atoms with E-state index in [9.17, 15) is 5.11 Å². The summed E-state index contributed by atoms with van der Waals surface area (Å²) in [5.74, 6) is 0.231. The van der Waals surface area contributed by atoms with E-state index in [2.05, 4.69) is 17.2 Å². The molecule has 2 fully saturated rings. The molecule has 5 nitrogen and oxygen atoms in total. The zero-order chi connectivity index (χ0) is 15.8. The third-order valence-corrected chi connectivity index (χ3v) is 5.99. The van der Waals surface area contributed by atoms with Crippen molar-refractivity contribution in [3.05, 3.63) is 35.9 Å². The number of amidine groups is 1. The molecule has 0 amide bonds. The molecule has 2 heterocycles. The number of aliphatic hydroxyl groups excluding tert-OH is 1. The Bertz CT molecular complexity index is 582. The lowest BCUT2D eigenvalue weighted by molar-refractivity contribution is -0.270. The zero-order valence-corrected chi connectivity index (χ0v) is 13.9. The number of aliphatic hydroxyl groups is 1. The summed E-state index contributed by atoms with van der Waals surface area (Å²) >= 11 is 1.74. The quantitative estimate of drug-likeness (QED) is 0.865. The van der Waals surface area contributed by atoms with Gasteiger partial charge in [-0.25, -0.2) is 0 Å². The standard InChI is InChI=1S/C17H22N2O3S/c1-2-18-17-19-13-12(23-17)8-11-9-21-16(22-15(11)14(13)20)10-6-4-3-5-7-10/h3-7,11-16,20H,2,8-9H2,1H3,(H,18,19)/t11-,12+,13+,14-,15-,16-/m1/s1. The molecule has 0 spiro atoms. The maximum atomic E-state index is 10.8. The van der Waals surface area contributed by atoms with E-state index in [0.29, 0.717) is 11.9 Å². The predicted octanol–water partition coefficient (Wildman–Crippen LogP) is 1.93. The summed E-state index contributed by atoms with van der Waals surface area (Å²) in [6, 6.07) is 9.84. The Labute approximate surface area is 140 Å². The van der Waals surface area contributed by atoms with Gasteiger partial charge in [-0.3, -0.25) is 4.99 Å². The van der Waals surface area contributed by atoms with Crippen LogP contribution >= 0.6 is 11.8 Å². The molecule has 4 rings (SSSR count). The number of hydrogen-bond acceptors (Lipinski definition) is 6. The van der Waals surface area contributed by atoms with Crippen molar-refractivity contribution in [3.63, 3.8) is 0 Å². The Kier molecular flexibility index (Phi) is 4.32. The second-order valence-electron chi connectivity index (χ2n) is 6.27. The second-order valence-corrected chi connectivity index (χ2v) is 7.50. The molecule has 1 aromatic rings. The predicted molar refractivity (Wildman–Crippen MR) is 90.4 cm³/mol. The molecular weight excluding hydrogens is 312 g/mol. The van der Waals surface area contributed by atoms with Crippen LogP contribution in [-0.2, 0) is 9.47 Å². The Morgan fingerprint density at radius 1 is 1.35 bits per heavy atom. The van der Waals surface area contributed by atoms with Gasteiger partial charge >= 0.3 is 0 Å². The molecule has 2 aliphatic heterocycles. The molecule has 1 saturated heterocycles. The number of ether oxygens (including phenoxy) is 2. The van der Waals surface area contributed by atoms with Gasteiger partial charge in [0.2, 0.25) is 0 Å². The average Bonchev–Trinajstić information content (AvgIpc) is 2.99. The summed E-state index contributed by atoms with van der Waals surface area (Å²) in [7, 11) is 0. The van der Waals surface area contributed by atoms with Crippen LogP contribution < -0.4 is 5.32 Å². The van der Waals surface area contributed by atoms with Crippen molar-refractivity contribution in [2.24, 2.45) is 10.9 Å². The van der Waals surface area contributed by atoms with Crippen molar-refractivity contribution in [1.82, 2.24) is 5.32 Å². The molecule has 0 aromatic heterocycles. The van der Waals surface area contributed by atoms with Gasteiger partial charge in [0.05, 0.1) is 18.8 Å². The number of hydrogen-bond donors (Lipinski definition) is 2. The first-order valence-corrected chi connectivity index (χ1v) is 9.12. The van der Waals surface area contributed by atoms with Crippen LogP contribution in [0.5, 0.6) is 0 Å². The van der Waals surface area contributed by atoms with Crippen LogP contribution in [0.2, 0.25) is 0 Å². The largest absolute Gasteiger partial charge is 0.388 e. The summed E-state index contributed by atoms with van der Waals surface area (Å²) in [5.41, 5.74) is 0.998. The number of nitrogens with one attached hydrogen (secondary N) is 1. The van der Waals surface area contributed by atoms with Gasteiger partial charge in [-0.2, -0.15) is 0 Å². The van der Waals surface area contributed by atoms with Crippen LogP contribution in [-0.4, -0.2) is 46.9 Å². The highest BCUT2D eigenvalue weighted by Gasteiger charge is 2.50. The third-order valence-electron chi connectivity index (χ3n) is 4.74. The van der Waals surface area contributed by atoms with Gasteiger partial charge < -0.3 is 19.9 Å². The molecule has 0 radical (unpaired) electrons. The van der Waals surface area contributed by atoms with Crippen molar-refractivity contribution in [1.29, 1.82) is 0 Å². The Morgan fingerprint density at radius 3 is 2.96 bits per heavy atom. The van der Waals surface area contributed by atoms with Crippen molar-refractivity contribution in [3.8, 4) is 0 Å². The average molecular weight is 334 g/mol. The molecule has 1 aromatic carbocycles. The highest BCUT2D eigenvalue weighted by atomic mass is 32.2. The summed E-state index contributed by atoms with van der Waals surface area (Å²) in [6.45, 7) is 3.54. The van der Waals surface area contributed by atoms with Gasteiger partial charge in [0.15, 0.2) is 11.5 Å². The minimum atomic E-state index is -0.572. The van der Waals surface area contributed by atoms with Crippen LogP contribution in [0.1, 0.15) is 25.2 Å². The topological polar surface area (TPSA) is 63.1 Å². The lowest BCUT2D eigenvalue weighted by Crippen LogP contribution is -2.55. The molecule has 124 valence electrons. The lowest BCUT2D eigenvalue weighted by Gasteiger charge is -2.45. The van der Waals surface area contributed by atoms with E-state index in [0.717, 1.165) is 23.7 Å². The molecule has 3 aliphatic rings. The first-order valence-electron chi connectivity index (χ1n) is 8.24. The SMILES string of the molecule is CCNC1=N[C@@H]2[C@@H](O)[C@@H]3O[C@H](c4ccccc4)OC[C@H]3C[C@@H]2S1. The second kappa shape index (κ2) is 6.43. The van der Waals surface area contributed by atoms with E-state index in [4.69, 9.17) is 9.47 Å². The fourth-order valence-corrected chi connectivity index (χ4v) is 5.02.